The van der Waals surface area contributed by atoms with Crippen molar-refractivity contribution in [2.24, 2.45) is 5.92 Å². The van der Waals surface area contributed by atoms with Gasteiger partial charge in [-0.25, -0.2) is 0 Å². The standard InChI is InChI=1S/C21H20Cl2N4S/c1-2-12-27-19(15-8-10-16(24)11-9-15)25-26-20(27)28-18(17-13-21(17,22)23)14-6-4-3-5-7-14/h2-11,17-18H,1,12-13,24H2. The highest BCUT2D eigenvalue weighted by Crippen LogP contribution is 2.63. The van der Waals surface area contributed by atoms with E-state index < -0.39 is 4.33 Å². The predicted molar refractivity (Wildman–Crippen MR) is 118 cm³/mol. The van der Waals surface area contributed by atoms with E-state index in [4.69, 9.17) is 28.9 Å². The van der Waals surface area contributed by atoms with Gasteiger partial charge in [0.15, 0.2) is 11.0 Å². The van der Waals surface area contributed by atoms with Crippen LogP contribution in [0.25, 0.3) is 11.4 Å². The molecule has 1 aromatic heterocycles. The van der Waals surface area contributed by atoms with E-state index in [-0.39, 0.29) is 11.2 Å². The van der Waals surface area contributed by atoms with Gasteiger partial charge in [-0.1, -0.05) is 48.2 Å². The Kier molecular flexibility index (Phi) is 5.41. The van der Waals surface area contributed by atoms with Crippen molar-refractivity contribution in [3.63, 3.8) is 0 Å². The Balaban J connectivity index is 1.69. The van der Waals surface area contributed by atoms with Crippen molar-refractivity contribution < 1.29 is 0 Å². The van der Waals surface area contributed by atoms with E-state index in [0.29, 0.717) is 12.2 Å². The molecule has 1 aliphatic carbocycles. The summed E-state index contributed by atoms with van der Waals surface area (Å²) in [5, 5.41) is 9.82. The van der Waals surface area contributed by atoms with Crippen LogP contribution in [0.1, 0.15) is 17.2 Å². The number of anilines is 1. The first-order chi connectivity index (χ1) is 13.5. The van der Waals surface area contributed by atoms with Crippen LogP contribution in [0.15, 0.2) is 72.4 Å². The summed E-state index contributed by atoms with van der Waals surface area (Å²) in [6.45, 7) is 4.49. The van der Waals surface area contributed by atoms with Crippen LogP contribution in [-0.2, 0) is 6.54 Å². The maximum Gasteiger partial charge on any atom is 0.192 e. The number of aromatic nitrogens is 3. The Bertz CT molecular complexity index is 970. The molecule has 4 rings (SSSR count). The number of allylic oxidation sites excluding steroid dienone is 1. The van der Waals surface area contributed by atoms with E-state index in [9.17, 15) is 0 Å². The lowest BCUT2D eigenvalue weighted by atomic mass is 10.1. The second-order valence-electron chi connectivity index (χ2n) is 6.85. The third kappa shape index (κ3) is 3.93. The van der Waals surface area contributed by atoms with E-state index in [1.54, 1.807) is 11.8 Å². The number of hydrogen-bond donors (Lipinski definition) is 1. The molecule has 0 spiro atoms. The Labute approximate surface area is 178 Å². The first-order valence-corrected chi connectivity index (χ1v) is 10.6. The van der Waals surface area contributed by atoms with E-state index in [2.05, 4.69) is 33.5 Å². The molecule has 0 aliphatic heterocycles. The molecular formula is C21H20Cl2N4S. The maximum absolute atomic E-state index is 6.42. The number of rotatable bonds is 7. The predicted octanol–water partition coefficient (Wildman–Crippen LogP) is 5.74. The monoisotopic (exact) mass is 430 g/mol. The van der Waals surface area contributed by atoms with Crippen LogP contribution in [0.2, 0.25) is 0 Å². The fourth-order valence-electron chi connectivity index (χ4n) is 3.22. The van der Waals surface area contributed by atoms with Gasteiger partial charge in [0, 0.05) is 29.0 Å². The molecule has 3 aromatic rings. The third-order valence-corrected chi connectivity index (χ3v) is 7.03. The molecule has 2 aromatic carbocycles. The first-order valence-electron chi connectivity index (χ1n) is 8.99. The minimum absolute atomic E-state index is 0.100. The van der Waals surface area contributed by atoms with Crippen LogP contribution in [0.3, 0.4) is 0 Å². The second-order valence-corrected chi connectivity index (χ2v) is 9.50. The van der Waals surface area contributed by atoms with Gasteiger partial charge in [-0.3, -0.25) is 4.57 Å². The van der Waals surface area contributed by atoms with Crippen LogP contribution < -0.4 is 5.73 Å². The van der Waals surface area contributed by atoms with Crippen molar-refractivity contribution >= 4 is 40.7 Å². The van der Waals surface area contributed by atoms with Crippen molar-refractivity contribution in [1.29, 1.82) is 0 Å². The zero-order valence-corrected chi connectivity index (χ0v) is 17.5. The van der Waals surface area contributed by atoms with Crippen molar-refractivity contribution in [2.45, 2.75) is 27.7 Å². The molecule has 0 saturated heterocycles. The highest BCUT2D eigenvalue weighted by atomic mass is 35.5. The van der Waals surface area contributed by atoms with Crippen LogP contribution in [-0.4, -0.2) is 19.1 Å². The van der Waals surface area contributed by atoms with Crippen LogP contribution in [0.4, 0.5) is 5.69 Å². The molecule has 1 fully saturated rings. The summed E-state index contributed by atoms with van der Waals surface area (Å²) < 4.78 is 1.38. The highest BCUT2D eigenvalue weighted by Gasteiger charge is 2.56. The molecule has 2 unspecified atom stereocenters. The lowest BCUT2D eigenvalue weighted by molar-refractivity contribution is 0.718. The minimum Gasteiger partial charge on any atom is -0.399 e. The smallest absolute Gasteiger partial charge is 0.192 e. The SMILES string of the molecule is C=CCn1c(SC(c2ccccc2)C2CC2(Cl)Cl)nnc1-c1ccc(N)cc1. The number of nitrogens with two attached hydrogens (primary N) is 1. The Morgan fingerprint density at radius 1 is 1.18 bits per heavy atom. The quantitative estimate of drug-likeness (QED) is 0.224. The van der Waals surface area contributed by atoms with Gasteiger partial charge in [0.05, 0.1) is 0 Å². The largest absolute Gasteiger partial charge is 0.399 e. The fraction of sp³-hybridized carbons (Fsp3) is 0.238. The van der Waals surface area contributed by atoms with Crippen LogP contribution in [0, 0.1) is 5.92 Å². The third-order valence-electron chi connectivity index (χ3n) is 4.80. The van der Waals surface area contributed by atoms with Gasteiger partial charge in [0.1, 0.15) is 4.33 Å². The number of nitrogen functional groups attached to an aromatic ring is 1. The van der Waals surface area contributed by atoms with Crippen molar-refractivity contribution in [1.82, 2.24) is 14.8 Å². The molecule has 0 amide bonds. The molecule has 28 heavy (non-hydrogen) atoms. The van der Waals surface area contributed by atoms with E-state index >= 15 is 0 Å². The number of thioether (sulfide) groups is 1. The average molecular weight is 431 g/mol. The van der Waals surface area contributed by atoms with Crippen molar-refractivity contribution in [3.8, 4) is 11.4 Å². The fourth-order valence-corrected chi connectivity index (χ4v) is 5.34. The van der Waals surface area contributed by atoms with Gasteiger partial charge in [-0.2, -0.15) is 0 Å². The molecule has 144 valence electrons. The van der Waals surface area contributed by atoms with Crippen molar-refractivity contribution in [2.75, 3.05) is 5.73 Å². The van der Waals surface area contributed by atoms with Gasteiger partial charge >= 0.3 is 0 Å². The maximum atomic E-state index is 6.42. The van der Waals surface area contributed by atoms with Gasteiger partial charge < -0.3 is 5.73 Å². The van der Waals surface area contributed by atoms with E-state index in [1.807, 2.05) is 48.5 Å². The molecule has 2 atom stereocenters. The average Bonchev–Trinajstić information content (AvgIpc) is 3.14. The highest BCUT2D eigenvalue weighted by molar-refractivity contribution is 7.99. The van der Waals surface area contributed by atoms with Gasteiger partial charge in [-0.05, 0) is 36.2 Å². The van der Waals surface area contributed by atoms with Crippen LogP contribution >= 0.6 is 35.0 Å². The summed E-state index contributed by atoms with van der Waals surface area (Å²) in [5.74, 6) is 0.949. The Hall–Kier alpha value is -1.95. The molecular weight excluding hydrogens is 411 g/mol. The number of halogens is 2. The Morgan fingerprint density at radius 3 is 2.46 bits per heavy atom. The van der Waals surface area contributed by atoms with Crippen molar-refractivity contribution in [3.05, 3.63) is 72.8 Å². The van der Waals surface area contributed by atoms with Gasteiger partial charge in [-0.15, -0.1) is 40.0 Å². The number of alkyl halides is 2. The summed E-state index contributed by atoms with van der Waals surface area (Å²) >= 11 is 14.5. The topological polar surface area (TPSA) is 56.7 Å². The lowest BCUT2D eigenvalue weighted by Gasteiger charge is -2.18. The molecule has 1 aliphatic rings. The molecule has 2 N–H and O–H groups in total. The summed E-state index contributed by atoms with van der Waals surface area (Å²) in [6.07, 6.45) is 2.61. The second kappa shape index (κ2) is 7.82. The number of nitrogens with zero attached hydrogens (tertiary/aromatic N) is 3. The zero-order chi connectivity index (χ0) is 19.7. The number of benzene rings is 2. The first kappa shape index (κ1) is 19.4. The number of hydrogen-bond acceptors (Lipinski definition) is 4. The summed E-state index contributed by atoms with van der Waals surface area (Å²) in [5.41, 5.74) is 8.67. The van der Waals surface area contributed by atoms with E-state index in [1.165, 1.54) is 5.56 Å². The van der Waals surface area contributed by atoms with Crippen LogP contribution in [0.5, 0.6) is 0 Å². The molecule has 0 radical (unpaired) electrons. The molecule has 1 saturated carbocycles. The normalized spacial score (nSPS) is 18.6. The Morgan fingerprint density at radius 2 is 1.86 bits per heavy atom. The van der Waals surface area contributed by atoms with E-state index in [0.717, 1.165) is 23.0 Å². The van der Waals surface area contributed by atoms with Gasteiger partial charge in [0.2, 0.25) is 0 Å². The minimum atomic E-state index is -0.684. The zero-order valence-electron chi connectivity index (χ0n) is 15.1. The molecule has 1 heterocycles. The van der Waals surface area contributed by atoms with Gasteiger partial charge in [0.25, 0.3) is 0 Å². The summed E-state index contributed by atoms with van der Waals surface area (Å²) in [6, 6.07) is 17.9. The lowest BCUT2D eigenvalue weighted by Crippen LogP contribution is -2.06. The molecule has 7 heteroatoms. The molecule has 4 nitrogen and oxygen atoms in total. The summed E-state index contributed by atoms with van der Waals surface area (Å²) in [4.78, 5) is 0. The molecule has 0 bridgehead atoms. The summed E-state index contributed by atoms with van der Waals surface area (Å²) in [7, 11) is 0.